The Morgan fingerprint density at radius 1 is 0.844 bits per heavy atom. The number of carboxylic acid groups (broad SMARTS) is 2. The van der Waals surface area contributed by atoms with Gasteiger partial charge in [0.25, 0.3) is 16.8 Å². The molecule has 0 bridgehead atoms. The quantitative estimate of drug-likeness (QED) is 0.113. The van der Waals surface area contributed by atoms with Crippen LogP contribution in [-0.4, -0.2) is 107 Å². The molecule has 0 atom stereocenters. The van der Waals surface area contributed by atoms with Crippen LogP contribution in [0.1, 0.15) is 69.2 Å². The van der Waals surface area contributed by atoms with E-state index in [4.69, 9.17) is 27.5 Å². The van der Waals surface area contributed by atoms with Crippen molar-refractivity contribution in [3.05, 3.63) is 31.4 Å². The molecule has 0 saturated carbocycles. The van der Waals surface area contributed by atoms with Crippen molar-refractivity contribution in [3.8, 4) is 5.75 Å². The summed E-state index contributed by atoms with van der Waals surface area (Å²) in [6.45, 7) is 20.5. The number of aliphatic carboxylic acids is 2. The lowest BCUT2D eigenvalue weighted by molar-refractivity contribution is -0.140. The molecule has 0 aromatic heterocycles. The number of likely N-dealkylation sites (N-methyl/N-ethyl adjacent to an activating group) is 2. The Bertz CT molecular complexity index is 1090. The number of carbonyl (C=O) groups is 4. The first kappa shape index (κ1) is 51.2. The Balaban J connectivity index is -0.000000171. The fraction of sp³-hybridized carbons (Fsp3) is 0.621. The Kier molecular flexibility index (Phi) is 38.2. The molecule has 0 spiro atoms. The molecule has 16 heteroatoms. The standard InChI is InChI=1S/C11H21N3O5.C5H5NO3.C5H5NOS2.4C2H6/c1-3-13(7-10(16)17)4-5-14(8-11(18)19)6-9(15)12-2;1-6-2-3(7)5(9)4(2)8;1-2-3-4(7)6-5(8)9-3;4*1-2/h3-8H2,1-2H3,(H,12,15)(H,16,17)(H,18,19);6-7H,1H3;2H,1H3,(H,6,7,8);4*1-2H3/b;;3-2-;;;;. The van der Waals surface area contributed by atoms with Crippen LogP contribution in [0.3, 0.4) is 0 Å². The minimum atomic E-state index is -1.02. The van der Waals surface area contributed by atoms with E-state index >= 15 is 0 Å². The molecule has 1 aliphatic heterocycles. The molecule has 1 aromatic rings. The third-order valence-corrected chi connectivity index (χ3v) is 5.86. The number of thiocarbonyl (C=S) groups is 1. The summed E-state index contributed by atoms with van der Waals surface area (Å²) in [4.78, 5) is 67.7. The first-order valence-electron chi connectivity index (χ1n) is 14.8. The summed E-state index contributed by atoms with van der Waals surface area (Å²) in [5, 5.41) is 33.4. The number of rotatable bonds is 11. The highest BCUT2D eigenvalue weighted by Crippen LogP contribution is 2.22. The van der Waals surface area contributed by atoms with E-state index in [1.807, 2.05) is 69.2 Å². The summed E-state index contributed by atoms with van der Waals surface area (Å²) in [6.07, 6.45) is 1.75. The van der Waals surface area contributed by atoms with Crippen molar-refractivity contribution in [3.63, 3.8) is 0 Å². The van der Waals surface area contributed by atoms with Gasteiger partial charge in [-0.1, -0.05) is 92.4 Å². The first-order valence-corrected chi connectivity index (χ1v) is 16.0. The molecule has 2 amide bonds. The van der Waals surface area contributed by atoms with E-state index in [0.29, 0.717) is 28.9 Å². The van der Waals surface area contributed by atoms with Gasteiger partial charge in [0.2, 0.25) is 5.91 Å². The average molecular weight is 682 g/mol. The highest BCUT2D eigenvalue weighted by molar-refractivity contribution is 8.26. The minimum Gasteiger partial charge on any atom is -0.502 e. The van der Waals surface area contributed by atoms with Crippen LogP contribution < -0.4 is 26.8 Å². The lowest BCUT2D eigenvalue weighted by Gasteiger charge is -2.24. The fourth-order valence-electron chi connectivity index (χ4n) is 2.64. The lowest BCUT2D eigenvalue weighted by Crippen LogP contribution is -2.43. The maximum atomic E-state index is 11.2. The maximum Gasteiger partial charge on any atom is 0.317 e. The number of allylic oxidation sites excluding steroid dienone is 1. The Labute approximate surface area is 277 Å². The van der Waals surface area contributed by atoms with Crippen molar-refractivity contribution in [2.45, 2.75) is 69.2 Å². The van der Waals surface area contributed by atoms with Gasteiger partial charge in [0.15, 0.2) is 5.75 Å². The molecule has 1 fully saturated rings. The van der Waals surface area contributed by atoms with E-state index in [1.54, 1.807) is 11.0 Å². The molecule has 262 valence electrons. The van der Waals surface area contributed by atoms with Crippen LogP contribution in [0.5, 0.6) is 5.75 Å². The lowest BCUT2D eigenvalue weighted by atomic mass is 10.2. The predicted molar refractivity (Wildman–Crippen MR) is 188 cm³/mol. The number of hydrogen-bond donors (Lipinski definition) is 6. The van der Waals surface area contributed by atoms with Crippen LogP contribution in [0.15, 0.2) is 20.6 Å². The normalized spacial score (nSPS) is 11.6. The highest BCUT2D eigenvalue weighted by atomic mass is 32.2. The molecule has 0 radical (unpaired) electrons. The number of nitrogens with zero attached hydrogens (tertiary/aromatic N) is 2. The number of carbonyl (C=O) groups excluding carboxylic acids is 2. The van der Waals surface area contributed by atoms with E-state index in [0.717, 1.165) is 0 Å². The average Bonchev–Trinajstić information content (AvgIpc) is 3.39. The fourth-order valence-corrected chi connectivity index (χ4v) is 3.61. The maximum absolute atomic E-state index is 11.2. The van der Waals surface area contributed by atoms with Gasteiger partial charge >= 0.3 is 11.9 Å². The highest BCUT2D eigenvalue weighted by Gasteiger charge is 2.20. The molecule has 14 nitrogen and oxygen atoms in total. The molecular formula is C29H55N5O9S2. The van der Waals surface area contributed by atoms with Gasteiger partial charge in [-0.15, -0.1) is 0 Å². The van der Waals surface area contributed by atoms with Gasteiger partial charge in [-0.25, -0.2) is 0 Å². The summed E-state index contributed by atoms with van der Waals surface area (Å²) in [7, 11) is 2.94. The van der Waals surface area contributed by atoms with Crippen LogP contribution in [0.4, 0.5) is 5.69 Å². The van der Waals surface area contributed by atoms with Crippen molar-refractivity contribution in [2.75, 3.05) is 58.7 Å². The summed E-state index contributed by atoms with van der Waals surface area (Å²) < 4.78 is 0.549. The SMILES string of the molecule is C/C=C1\SC(=S)NC1=O.CC.CC.CC.CC.CCN(CCN(CC(=O)O)CC(=O)NC)CC(=O)O.CNc1c(O)c(=O)c1=O. The number of hydrogen-bond acceptors (Lipinski definition) is 12. The van der Waals surface area contributed by atoms with E-state index in [2.05, 4.69) is 16.0 Å². The molecular weight excluding hydrogens is 626 g/mol. The molecule has 1 heterocycles. The first-order chi connectivity index (χ1) is 21.3. The molecule has 6 N–H and O–H groups in total. The van der Waals surface area contributed by atoms with E-state index < -0.39 is 28.5 Å². The molecule has 1 aromatic carbocycles. The minimum absolute atomic E-state index is 0.0139. The summed E-state index contributed by atoms with van der Waals surface area (Å²) >= 11 is 6.04. The third kappa shape index (κ3) is 24.6. The Hall–Kier alpha value is -3.34. The molecule has 0 aliphatic carbocycles. The molecule has 45 heavy (non-hydrogen) atoms. The largest absolute Gasteiger partial charge is 0.502 e. The van der Waals surface area contributed by atoms with Crippen LogP contribution >= 0.6 is 24.0 Å². The van der Waals surface area contributed by atoms with Crippen molar-refractivity contribution in [2.24, 2.45) is 0 Å². The predicted octanol–water partition coefficient (Wildman–Crippen LogP) is 2.70. The number of nitrogens with one attached hydrogen (secondary N) is 3. The Morgan fingerprint density at radius 3 is 1.56 bits per heavy atom. The number of anilines is 1. The van der Waals surface area contributed by atoms with Crippen molar-refractivity contribution in [1.29, 1.82) is 0 Å². The van der Waals surface area contributed by atoms with Gasteiger partial charge in [0.05, 0.1) is 24.5 Å². The van der Waals surface area contributed by atoms with Gasteiger partial charge in [-0.3, -0.25) is 38.6 Å². The Morgan fingerprint density at radius 2 is 1.29 bits per heavy atom. The zero-order valence-electron chi connectivity index (χ0n) is 28.8. The van der Waals surface area contributed by atoms with Gasteiger partial charge < -0.3 is 31.3 Å². The zero-order valence-corrected chi connectivity index (χ0v) is 30.5. The number of aromatic hydroxyl groups is 1. The second-order valence-corrected chi connectivity index (χ2v) is 8.89. The topological polar surface area (TPSA) is 206 Å². The number of thioether (sulfide) groups is 1. The zero-order chi connectivity index (χ0) is 36.7. The third-order valence-electron chi connectivity index (χ3n) is 4.58. The summed E-state index contributed by atoms with van der Waals surface area (Å²) in [5.41, 5.74) is -1.44. The molecule has 2 rings (SSSR count). The van der Waals surface area contributed by atoms with Gasteiger partial charge in [-0.2, -0.15) is 0 Å². The molecule has 1 aliphatic rings. The molecule has 1 saturated heterocycles. The van der Waals surface area contributed by atoms with Crippen LogP contribution in [-0.2, 0) is 19.2 Å². The smallest absolute Gasteiger partial charge is 0.317 e. The number of carboxylic acids is 2. The van der Waals surface area contributed by atoms with Crippen molar-refractivity contribution in [1.82, 2.24) is 20.4 Å². The van der Waals surface area contributed by atoms with E-state index in [-0.39, 0.29) is 37.1 Å². The second kappa shape index (κ2) is 33.6. The van der Waals surface area contributed by atoms with Gasteiger partial charge in [0, 0.05) is 27.2 Å². The van der Waals surface area contributed by atoms with Crippen LogP contribution in [0.2, 0.25) is 0 Å². The van der Waals surface area contributed by atoms with Gasteiger partial charge in [-0.05, 0) is 13.5 Å². The van der Waals surface area contributed by atoms with Crippen molar-refractivity contribution >= 4 is 57.7 Å². The summed E-state index contributed by atoms with van der Waals surface area (Å²) in [6, 6.07) is 0. The van der Waals surface area contributed by atoms with E-state index in [1.165, 1.54) is 30.8 Å². The van der Waals surface area contributed by atoms with Gasteiger partial charge in [0.1, 0.15) is 10.0 Å². The van der Waals surface area contributed by atoms with Crippen molar-refractivity contribution < 1.29 is 34.5 Å². The molecule has 0 unspecified atom stereocenters. The number of amides is 2. The van der Waals surface area contributed by atoms with E-state index in [9.17, 15) is 28.8 Å². The summed E-state index contributed by atoms with van der Waals surface area (Å²) in [5.74, 6) is -2.76. The second-order valence-electron chi connectivity index (χ2n) is 7.17. The monoisotopic (exact) mass is 681 g/mol. The van der Waals surface area contributed by atoms with Crippen LogP contribution in [0, 0.1) is 0 Å². The van der Waals surface area contributed by atoms with Crippen LogP contribution in [0.25, 0.3) is 0 Å².